The van der Waals surface area contributed by atoms with Crippen molar-refractivity contribution in [1.29, 1.82) is 0 Å². The number of aliphatic carboxylic acids is 1. The Morgan fingerprint density at radius 2 is 1.43 bits per heavy atom. The summed E-state index contributed by atoms with van der Waals surface area (Å²) in [7, 11) is 7.86. The van der Waals surface area contributed by atoms with Gasteiger partial charge in [0.05, 0.1) is 11.4 Å². The maximum atomic E-state index is 13.0. The molecule has 28 heavy (non-hydrogen) atoms. The Kier molecular flexibility index (Phi) is 5.42. The van der Waals surface area contributed by atoms with Crippen molar-refractivity contribution in [2.45, 2.75) is 22.8 Å². The lowest BCUT2D eigenvalue weighted by atomic mass is 10.2. The molecule has 1 unspecified atom stereocenters. The highest BCUT2D eigenvalue weighted by molar-refractivity contribution is 7.99. The molecule has 0 bridgehead atoms. The Labute approximate surface area is 168 Å². The van der Waals surface area contributed by atoms with Crippen molar-refractivity contribution >= 4 is 46.5 Å². The van der Waals surface area contributed by atoms with Gasteiger partial charge in [0.2, 0.25) is 0 Å². The Hall–Kier alpha value is -2.87. The molecule has 0 saturated carbocycles. The van der Waals surface area contributed by atoms with Crippen molar-refractivity contribution in [3.63, 3.8) is 0 Å². The Bertz CT molecular complexity index is 872. The molecule has 0 spiro atoms. The zero-order chi connectivity index (χ0) is 20.6. The smallest absolute Gasteiger partial charge is 0.327 e. The molecule has 2 aromatic carbocycles. The molecule has 0 aromatic heterocycles. The number of carboxylic acids is 1. The molecule has 8 heteroatoms. The van der Waals surface area contributed by atoms with Crippen LogP contribution in [0.3, 0.4) is 0 Å². The minimum atomic E-state index is -1.08. The number of urea groups is 1. The second kappa shape index (κ2) is 7.63. The molecule has 3 rings (SSSR count). The van der Waals surface area contributed by atoms with Crippen molar-refractivity contribution in [3.05, 3.63) is 36.4 Å². The van der Waals surface area contributed by atoms with Crippen molar-refractivity contribution in [3.8, 4) is 0 Å². The second-order valence-electron chi connectivity index (χ2n) is 7.04. The predicted octanol–water partition coefficient (Wildman–Crippen LogP) is 3.60. The number of hydrogen-bond donors (Lipinski definition) is 2. The maximum absolute atomic E-state index is 13.0. The molecule has 2 N–H and O–H groups in total. The van der Waals surface area contributed by atoms with Gasteiger partial charge in [-0.15, -0.1) is 0 Å². The fourth-order valence-corrected chi connectivity index (χ4v) is 4.00. The third-order valence-corrected chi connectivity index (χ3v) is 5.63. The monoisotopic (exact) mass is 400 g/mol. The molecule has 1 heterocycles. The van der Waals surface area contributed by atoms with E-state index >= 15 is 0 Å². The standard InChI is InChI=1S/C20H24N4O3S/c1-12(19(25)26)21-20(27)24-15-8-6-13(22(2)3)10-17(15)28-18-11-14(23(4)5)7-9-16(18)24/h6-12H,1-5H3,(H,21,27)(H,25,26). The largest absolute Gasteiger partial charge is 0.480 e. The summed E-state index contributed by atoms with van der Waals surface area (Å²) in [5.41, 5.74) is 3.52. The van der Waals surface area contributed by atoms with Gasteiger partial charge >= 0.3 is 12.0 Å². The third-order valence-electron chi connectivity index (χ3n) is 4.53. The number of nitrogens with one attached hydrogen (secondary N) is 1. The van der Waals surface area contributed by atoms with Crippen LogP contribution in [0.5, 0.6) is 0 Å². The van der Waals surface area contributed by atoms with Crippen molar-refractivity contribution in [1.82, 2.24) is 5.32 Å². The number of carbonyl (C=O) groups excluding carboxylic acids is 1. The van der Waals surface area contributed by atoms with Gasteiger partial charge in [0.1, 0.15) is 6.04 Å². The molecule has 7 nitrogen and oxygen atoms in total. The quantitative estimate of drug-likeness (QED) is 0.817. The van der Waals surface area contributed by atoms with Crippen molar-refractivity contribution in [2.24, 2.45) is 0 Å². The molecule has 0 radical (unpaired) electrons. The number of carbonyl (C=O) groups is 2. The van der Waals surface area contributed by atoms with E-state index in [1.807, 2.05) is 74.4 Å². The molecule has 0 aliphatic carbocycles. The van der Waals surface area contributed by atoms with Crippen LogP contribution < -0.4 is 20.0 Å². The van der Waals surface area contributed by atoms with E-state index in [2.05, 4.69) is 5.32 Å². The normalized spacial score (nSPS) is 13.2. The van der Waals surface area contributed by atoms with Gasteiger partial charge in [0.25, 0.3) is 0 Å². The van der Waals surface area contributed by atoms with Gasteiger partial charge in [-0.25, -0.2) is 4.79 Å². The number of hydrogen-bond acceptors (Lipinski definition) is 5. The fraction of sp³-hybridized carbons (Fsp3) is 0.300. The van der Waals surface area contributed by atoms with Gasteiger partial charge in [-0.3, -0.25) is 9.69 Å². The molecular weight excluding hydrogens is 376 g/mol. The van der Waals surface area contributed by atoms with E-state index in [9.17, 15) is 9.59 Å². The van der Waals surface area contributed by atoms with E-state index in [-0.39, 0.29) is 0 Å². The van der Waals surface area contributed by atoms with E-state index in [1.165, 1.54) is 6.92 Å². The summed E-state index contributed by atoms with van der Waals surface area (Å²) in [4.78, 5) is 31.6. The van der Waals surface area contributed by atoms with Crippen LogP contribution in [0.1, 0.15) is 6.92 Å². The third kappa shape index (κ3) is 3.73. The van der Waals surface area contributed by atoms with Crippen LogP contribution in [-0.2, 0) is 4.79 Å². The van der Waals surface area contributed by atoms with E-state index < -0.39 is 18.0 Å². The highest BCUT2D eigenvalue weighted by atomic mass is 32.2. The Morgan fingerprint density at radius 3 is 1.82 bits per heavy atom. The van der Waals surface area contributed by atoms with E-state index in [1.54, 1.807) is 16.7 Å². The first-order valence-corrected chi connectivity index (χ1v) is 9.64. The number of anilines is 4. The minimum Gasteiger partial charge on any atom is -0.480 e. The summed E-state index contributed by atoms with van der Waals surface area (Å²) in [6.07, 6.45) is 0. The van der Waals surface area contributed by atoms with Gasteiger partial charge in [-0.2, -0.15) is 0 Å². The average Bonchev–Trinajstić information content (AvgIpc) is 2.64. The molecule has 1 aliphatic rings. The van der Waals surface area contributed by atoms with Crippen LogP contribution in [0, 0.1) is 0 Å². The van der Waals surface area contributed by atoms with Crippen molar-refractivity contribution in [2.75, 3.05) is 42.9 Å². The van der Waals surface area contributed by atoms with Crippen LogP contribution >= 0.6 is 11.8 Å². The molecule has 148 valence electrons. The number of amides is 2. The van der Waals surface area contributed by atoms with Crippen LogP contribution in [0.25, 0.3) is 0 Å². The number of rotatable bonds is 4. The van der Waals surface area contributed by atoms with Crippen LogP contribution in [0.4, 0.5) is 27.5 Å². The van der Waals surface area contributed by atoms with E-state index in [4.69, 9.17) is 5.11 Å². The Morgan fingerprint density at radius 1 is 0.964 bits per heavy atom. The fourth-order valence-electron chi connectivity index (χ4n) is 2.87. The molecule has 0 fully saturated rings. The average molecular weight is 401 g/mol. The van der Waals surface area contributed by atoms with Gasteiger partial charge < -0.3 is 20.2 Å². The highest BCUT2D eigenvalue weighted by Crippen LogP contribution is 2.50. The molecule has 2 amide bonds. The Balaban J connectivity index is 2.10. The molecule has 1 aliphatic heterocycles. The lowest BCUT2D eigenvalue weighted by Gasteiger charge is -2.33. The molecule has 1 atom stereocenters. The summed E-state index contributed by atoms with van der Waals surface area (Å²) < 4.78 is 0. The summed E-state index contributed by atoms with van der Waals surface area (Å²) in [5.74, 6) is -1.08. The highest BCUT2D eigenvalue weighted by Gasteiger charge is 2.30. The molecule has 2 aromatic rings. The topological polar surface area (TPSA) is 76.1 Å². The van der Waals surface area contributed by atoms with Crippen LogP contribution in [-0.4, -0.2) is 51.3 Å². The maximum Gasteiger partial charge on any atom is 0.327 e. The number of nitrogens with zero attached hydrogens (tertiary/aromatic N) is 3. The summed E-state index contributed by atoms with van der Waals surface area (Å²) >= 11 is 1.60. The van der Waals surface area contributed by atoms with Gasteiger partial charge in [-0.1, -0.05) is 11.8 Å². The molecular formula is C20H24N4O3S. The van der Waals surface area contributed by atoms with Gasteiger partial charge in [0, 0.05) is 49.4 Å². The van der Waals surface area contributed by atoms with Crippen molar-refractivity contribution < 1.29 is 14.7 Å². The lowest BCUT2D eigenvalue weighted by Crippen LogP contribution is -2.45. The first-order chi connectivity index (χ1) is 13.2. The zero-order valence-corrected chi connectivity index (χ0v) is 17.4. The summed E-state index contributed by atoms with van der Waals surface area (Å²) in [6.45, 7) is 1.45. The van der Waals surface area contributed by atoms with E-state index in [0.29, 0.717) is 0 Å². The first kappa shape index (κ1) is 19.9. The number of carboxylic acid groups (broad SMARTS) is 1. The SMILES string of the molecule is CC(NC(=O)N1c2ccc(N(C)C)cc2Sc2cc(N(C)C)ccc21)C(=O)O. The predicted molar refractivity (Wildman–Crippen MR) is 113 cm³/mol. The number of fused-ring (bicyclic) bond motifs is 2. The summed E-state index contributed by atoms with van der Waals surface area (Å²) in [6, 6.07) is 10.3. The lowest BCUT2D eigenvalue weighted by molar-refractivity contribution is -0.138. The van der Waals surface area contributed by atoms with Gasteiger partial charge in [-0.05, 0) is 43.3 Å². The summed E-state index contributed by atoms with van der Waals surface area (Å²) in [5, 5.41) is 11.7. The number of benzene rings is 2. The second-order valence-corrected chi connectivity index (χ2v) is 8.12. The zero-order valence-electron chi connectivity index (χ0n) is 16.6. The van der Waals surface area contributed by atoms with Crippen LogP contribution in [0.15, 0.2) is 46.2 Å². The van der Waals surface area contributed by atoms with Gasteiger partial charge in [0.15, 0.2) is 0 Å². The van der Waals surface area contributed by atoms with Crippen LogP contribution in [0.2, 0.25) is 0 Å². The molecule has 0 saturated heterocycles. The first-order valence-electron chi connectivity index (χ1n) is 8.83. The van der Waals surface area contributed by atoms with E-state index in [0.717, 1.165) is 32.5 Å². The minimum absolute atomic E-state index is 0.465.